The molecule has 5 nitrogen and oxygen atoms in total. The first-order chi connectivity index (χ1) is 11.5. The van der Waals surface area contributed by atoms with E-state index in [-0.39, 0.29) is 29.3 Å². The Hall–Kier alpha value is -1.82. The van der Waals surface area contributed by atoms with E-state index in [1.807, 2.05) is 45.9 Å². The molecule has 1 amide bonds. The van der Waals surface area contributed by atoms with Crippen LogP contribution in [0.15, 0.2) is 34.2 Å². The van der Waals surface area contributed by atoms with E-state index in [9.17, 15) is 9.59 Å². The predicted octanol–water partition coefficient (Wildman–Crippen LogP) is 3.37. The van der Waals surface area contributed by atoms with E-state index in [2.05, 4.69) is 10.3 Å². The second-order valence-electron chi connectivity index (χ2n) is 6.01. The number of hydrogen-bond acceptors (Lipinski definition) is 4. The SMILES string of the molecule is CC[C@H](C)NC(=O)CSc1nc2ccccc2c(=O)n1[C@@H](C)CC. The molecule has 0 saturated carbocycles. The van der Waals surface area contributed by atoms with Crippen LogP contribution in [0.2, 0.25) is 0 Å². The first-order valence-corrected chi connectivity index (χ1v) is 9.39. The number of para-hydroxylation sites is 1. The molecule has 0 aliphatic heterocycles. The van der Waals surface area contributed by atoms with Gasteiger partial charge < -0.3 is 5.32 Å². The number of rotatable bonds is 7. The molecule has 0 bridgehead atoms. The van der Waals surface area contributed by atoms with Crippen LogP contribution >= 0.6 is 11.8 Å². The van der Waals surface area contributed by atoms with E-state index in [1.54, 1.807) is 10.6 Å². The molecule has 2 atom stereocenters. The summed E-state index contributed by atoms with van der Waals surface area (Å²) in [5.74, 6) is 0.221. The van der Waals surface area contributed by atoms with Gasteiger partial charge in [-0.25, -0.2) is 4.98 Å². The van der Waals surface area contributed by atoms with Crippen molar-refractivity contribution in [3.8, 4) is 0 Å². The third-order valence-electron chi connectivity index (χ3n) is 4.16. The molecule has 0 spiro atoms. The van der Waals surface area contributed by atoms with Crippen molar-refractivity contribution >= 4 is 28.6 Å². The fraction of sp³-hybridized carbons (Fsp3) is 0.500. The summed E-state index contributed by atoms with van der Waals surface area (Å²) in [6.45, 7) is 8.05. The van der Waals surface area contributed by atoms with Gasteiger partial charge in [0.05, 0.1) is 16.7 Å². The van der Waals surface area contributed by atoms with Crippen molar-refractivity contribution < 1.29 is 4.79 Å². The molecule has 1 aromatic heterocycles. The highest BCUT2D eigenvalue weighted by Gasteiger charge is 2.16. The van der Waals surface area contributed by atoms with Crippen molar-refractivity contribution in [1.29, 1.82) is 0 Å². The minimum Gasteiger partial charge on any atom is -0.353 e. The lowest BCUT2D eigenvalue weighted by Crippen LogP contribution is -2.33. The molecule has 2 aromatic rings. The zero-order valence-corrected chi connectivity index (χ0v) is 15.5. The molecule has 0 aliphatic rings. The van der Waals surface area contributed by atoms with Crippen LogP contribution in [0.1, 0.15) is 46.6 Å². The smallest absolute Gasteiger partial charge is 0.262 e. The van der Waals surface area contributed by atoms with Crippen LogP contribution in [0, 0.1) is 0 Å². The molecule has 0 aliphatic carbocycles. The van der Waals surface area contributed by atoms with Crippen LogP contribution in [0.25, 0.3) is 10.9 Å². The number of thioether (sulfide) groups is 1. The summed E-state index contributed by atoms with van der Waals surface area (Å²) in [6, 6.07) is 7.54. The number of carbonyl (C=O) groups is 1. The Bertz CT molecular complexity index is 772. The van der Waals surface area contributed by atoms with E-state index in [0.717, 1.165) is 12.8 Å². The number of fused-ring (bicyclic) bond motifs is 1. The van der Waals surface area contributed by atoms with Gasteiger partial charge >= 0.3 is 0 Å². The molecule has 0 fully saturated rings. The van der Waals surface area contributed by atoms with Gasteiger partial charge in [-0.1, -0.05) is 37.7 Å². The number of amides is 1. The molecule has 0 radical (unpaired) electrons. The fourth-order valence-electron chi connectivity index (χ4n) is 2.35. The van der Waals surface area contributed by atoms with Crippen LogP contribution in [0.3, 0.4) is 0 Å². The van der Waals surface area contributed by atoms with Crippen molar-refractivity contribution in [2.24, 2.45) is 0 Å². The van der Waals surface area contributed by atoms with E-state index in [1.165, 1.54) is 11.8 Å². The van der Waals surface area contributed by atoms with Gasteiger partial charge in [0.2, 0.25) is 5.91 Å². The summed E-state index contributed by atoms with van der Waals surface area (Å²) in [5.41, 5.74) is 0.631. The summed E-state index contributed by atoms with van der Waals surface area (Å²) >= 11 is 1.32. The summed E-state index contributed by atoms with van der Waals surface area (Å²) in [7, 11) is 0. The maximum absolute atomic E-state index is 12.8. The molecule has 130 valence electrons. The van der Waals surface area contributed by atoms with Crippen molar-refractivity contribution in [1.82, 2.24) is 14.9 Å². The molecule has 1 aromatic carbocycles. The first kappa shape index (κ1) is 18.5. The molecule has 1 heterocycles. The normalized spacial score (nSPS) is 13.7. The van der Waals surface area contributed by atoms with Crippen molar-refractivity contribution in [2.75, 3.05) is 5.75 Å². The molecule has 2 rings (SSSR count). The first-order valence-electron chi connectivity index (χ1n) is 8.41. The number of carbonyl (C=O) groups excluding carboxylic acids is 1. The summed E-state index contributed by atoms with van der Waals surface area (Å²) in [4.78, 5) is 29.5. The highest BCUT2D eigenvalue weighted by atomic mass is 32.2. The number of nitrogens with one attached hydrogen (secondary N) is 1. The second-order valence-corrected chi connectivity index (χ2v) is 6.95. The number of aromatic nitrogens is 2. The average molecular weight is 347 g/mol. The Kier molecular flexibility index (Phi) is 6.43. The highest BCUT2D eigenvalue weighted by molar-refractivity contribution is 7.99. The molecule has 0 saturated heterocycles. The molecular weight excluding hydrogens is 322 g/mol. The fourth-order valence-corrected chi connectivity index (χ4v) is 3.26. The highest BCUT2D eigenvalue weighted by Crippen LogP contribution is 2.22. The summed E-state index contributed by atoms with van der Waals surface area (Å²) in [5, 5.41) is 4.16. The lowest BCUT2D eigenvalue weighted by molar-refractivity contribution is -0.119. The van der Waals surface area contributed by atoms with E-state index < -0.39 is 0 Å². The van der Waals surface area contributed by atoms with Crippen molar-refractivity contribution in [3.63, 3.8) is 0 Å². The molecule has 1 N–H and O–H groups in total. The summed E-state index contributed by atoms with van der Waals surface area (Å²) < 4.78 is 1.71. The van der Waals surface area contributed by atoms with Crippen LogP contribution in [0.5, 0.6) is 0 Å². The van der Waals surface area contributed by atoms with Gasteiger partial charge in [-0.2, -0.15) is 0 Å². The maximum atomic E-state index is 12.8. The third kappa shape index (κ3) is 4.17. The Labute approximate surface area is 146 Å². The second kappa shape index (κ2) is 8.33. The van der Waals surface area contributed by atoms with Gasteiger partial charge in [-0.05, 0) is 38.8 Å². The Morgan fingerprint density at radius 3 is 2.62 bits per heavy atom. The largest absolute Gasteiger partial charge is 0.353 e. The van der Waals surface area contributed by atoms with Gasteiger partial charge in [0.1, 0.15) is 0 Å². The lowest BCUT2D eigenvalue weighted by atomic mass is 10.2. The van der Waals surface area contributed by atoms with E-state index >= 15 is 0 Å². The van der Waals surface area contributed by atoms with Gasteiger partial charge in [0, 0.05) is 12.1 Å². The maximum Gasteiger partial charge on any atom is 0.262 e. The quantitative estimate of drug-likeness (QED) is 0.616. The third-order valence-corrected chi connectivity index (χ3v) is 5.11. The van der Waals surface area contributed by atoms with E-state index in [0.29, 0.717) is 16.1 Å². The molecule has 0 unspecified atom stereocenters. The molecule has 6 heteroatoms. The summed E-state index contributed by atoms with van der Waals surface area (Å²) in [6.07, 6.45) is 1.72. The van der Waals surface area contributed by atoms with Gasteiger partial charge in [0.15, 0.2) is 5.16 Å². The Balaban J connectivity index is 2.34. The molecule has 24 heavy (non-hydrogen) atoms. The zero-order valence-electron chi connectivity index (χ0n) is 14.7. The predicted molar refractivity (Wildman–Crippen MR) is 99.6 cm³/mol. The van der Waals surface area contributed by atoms with Gasteiger partial charge in [-0.3, -0.25) is 14.2 Å². The number of hydrogen-bond donors (Lipinski definition) is 1. The van der Waals surface area contributed by atoms with Crippen molar-refractivity contribution in [2.45, 2.75) is 57.8 Å². The van der Waals surface area contributed by atoms with Crippen LogP contribution in [-0.2, 0) is 4.79 Å². The minimum absolute atomic E-state index is 0.0348. The lowest BCUT2D eigenvalue weighted by Gasteiger charge is -2.18. The van der Waals surface area contributed by atoms with Crippen LogP contribution < -0.4 is 10.9 Å². The van der Waals surface area contributed by atoms with E-state index in [4.69, 9.17) is 0 Å². The standard InChI is InChI=1S/C18H25N3O2S/c1-5-12(3)19-16(22)11-24-18-20-15-10-8-7-9-14(15)17(23)21(18)13(4)6-2/h7-10,12-13H,5-6,11H2,1-4H3,(H,19,22)/t12-,13-/m0/s1. The minimum atomic E-state index is -0.0419. The zero-order chi connectivity index (χ0) is 17.7. The van der Waals surface area contributed by atoms with Gasteiger partial charge in [-0.15, -0.1) is 0 Å². The monoisotopic (exact) mass is 347 g/mol. The van der Waals surface area contributed by atoms with Crippen LogP contribution in [0.4, 0.5) is 0 Å². The van der Waals surface area contributed by atoms with Crippen LogP contribution in [-0.4, -0.2) is 27.3 Å². The Morgan fingerprint density at radius 2 is 1.96 bits per heavy atom. The van der Waals surface area contributed by atoms with Crippen molar-refractivity contribution in [3.05, 3.63) is 34.6 Å². The number of nitrogens with zero attached hydrogens (tertiary/aromatic N) is 2. The topological polar surface area (TPSA) is 64.0 Å². The average Bonchev–Trinajstić information content (AvgIpc) is 2.59. The van der Waals surface area contributed by atoms with Gasteiger partial charge in [0.25, 0.3) is 5.56 Å². The molecular formula is C18H25N3O2S. The Morgan fingerprint density at radius 1 is 1.25 bits per heavy atom. The number of benzene rings is 1.